The Morgan fingerprint density at radius 2 is 1.95 bits per heavy atom. The molecule has 122 valence electrons. The third kappa shape index (κ3) is 6.82. The van der Waals surface area contributed by atoms with Crippen LogP contribution in [0.3, 0.4) is 0 Å². The number of hydrogen-bond donors (Lipinski definition) is 3. The Bertz CT molecular complexity index is 346. The van der Waals surface area contributed by atoms with E-state index in [-0.39, 0.29) is 18.5 Å². The Morgan fingerprint density at radius 1 is 1.24 bits per heavy atom. The quantitative estimate of drug-likeness (QED) is 0.676. The molecule has 1 saturated carbocycles. The molecule has 21 heavy (non-hydrogen) atoms. The zero-order valence-corrected chi connectivity index (χ0v) is 13.5. The molecule has 0 spiro atoms. The van der Waals surface area contributed by atoms with E-state index < -0.39 is 5.97 Å². The molecule has 1 aliphatic rings. The van der Waals surface area contributed by atoms with Crippen molar-refractivity contribution in [3.8, 4) is 0 Å². The lowest BCUT2D eigenvalue weighted by molar-refractivity contribution is -0.137. The van der Waals surface area contributed by atoms with Gasteiger partial charge in [0.2, 0.25) is 0 Å². The summed E-state index contributed by atoms with van der Waals surface area (Å²) in [6, 6.07) is 0.185. The zero-order chi connectivity index (χ0) is 15.8. The SMILES string of the molecule is CC(CCNC(=O)NC1CCCC(C)C1C)CCC(=O)O. The zero-order valence-electron chi connectivity index (χ0n) is 13.5. The van der Waals surface area contributed by atoms with Crippen molar-refractivity contribution in [2.24, 2.45) is 17.8 Å². The second-order valence-corrected chi connectivity index (χ2v) is 6.60. The van der Waals surface area contributed by atoms with Gasteiger partial charge in [-0.2, -0.15) is 0 Å². The predicted octanol–water partition coefficient (Wildman–Crippen LogP) is 3.00. The summed E-state index contributed by atoms with van der Waals surface area (Å²) in [6.45, 7) is 7.08. The minimum Gasteiger partial charge on any atom is -0.481 e. The number of hydrogen-bond acceptors (Lipinski definition) is 2. The molecule has 1 rings (SSSR count). The summed E-state index contributed by atoms with van der Waals surface area (Å²) in [5, 5.41) is 14.6. The van der Waals surface area contributed by atoms with E-state index in [1.165, 1.54) is 12.8 Å². The average molecular weight is 298 g/mol. The lowest BCUT2D eigenvalue weighted by Crippen LogP contribution is -2.48. The summed E-state index contributed by atoms with van der Waals surface area (Å²) in [7, 11) is 0. The Morgan fingerprint density at radius 3 is 2.62 bits per heavy atom. The summed E-state index contributed by atoms with van der Waals surface area (Å²) in [5.74, 6) is 0.752. The van der Waals surface area contributed by atoms with Crippen LogP contribution in [0.5, 0.6) is 0 Å². The standard InChI is InChI=1S/C16H30N2O3/c1-11(7-8-15(19)20)9-10-17-16(21)18-14-6-4-5-12(2)13(14)3/h11-14H,4-10H2,1-3H3,(H,19,20)(H2,17,18,21). The maximum Gasteiger partial charge on any atom is 0.315 e. The van der Waals surface area contributed by atoms with Crippen LogP contribution in [0.25, 0.3) is 0 Å². The molecule has 1 fully saturated rings. The van der Waals surface area contributed by atoms with Gasteiger partial charge in [-0.15, -0.1) is 0 Å². The number of carboxylic acids is 1. The fourth-order valence-electron chi connectivity index (χ4n) is 2.95. The maximum atomic E-state index is 11.9. The highest BCUT2D eigenvalue weighted by Crippen LogP contribution is 2.29. The Kier molecular flexibility index (Phi) is 7.54. The van der Waals surface area contributed by atoms with Crippen LogP contribution in [0.1, 0.15) is 59.3 Å². The Hall–Kier alpha value is -1.26. The van der Waals surface area contributed by atoms with Gasteiger partial charge in [0.25, 0.3) is 0 Å². The van der Waals surface area contributed by atoms with Gasteiger partial charge in [0, 0.05) is 19.0 Å². The smallest absolute Gasteiger partial charge is 0.315 e. The van der Waals surface area contributed by atoms with Gasteiger partial charge in [0.1, 0.15) is 0 Å². The van der Waals surface area contributed by atoms with Crippen LogP contribution in [0.15, 0.2) is 0 Å². The van der Waals surface area contributed by atoms with Crippen LogP contribution in [-0.4, -0.2) is 29.7 Å². The monoisotopic (exact) mass is 298 g/mol. The number of carbonyl (C=O) groups excluding carboxylic acids is 1. The number of aliphatic carboxylic acids is 1. The molecule has 1 aliphatic carbocycles. The van der Waals surface area contributed by atoms with Crippen LogP contribution in [0.2, 0.25) is 0 Å². The van der Waals surface area contributed by atoms with E-state index in [0.29, 0.717) is 30.7 Å². The maximum absolute atomic E-state index is 11.9. The number of nitrogens with one attached hydrogen (secondary N) is 2. The average Bonchev–Trinajstić information content (AvgIpc) is 2.41. The van der Waals surface area contributed by atoms with E-state index in [4.69, 9.17) is 5.11 Å². The number of urea groups is 1. The van der Waals surface area contributed by atoms with E-state index in [1.54, 1.807) is 0 Å². The fourth-order valence-corrected chi connectivity index (χ4v) is 2.95. The van der Waals surface area contributed by atoms with E-state index >= 15 is 0 Å². The number of carboxylic acid groups (broad SMARTS) is 1. The van der Waals surface area contributed by atoms with Crippen molar-refractivity contribution in [1.29, 1.82) is 0 Å². The minimum atomic E-state index is -0.757. The minimum absolute atomic E-state index is 0.0913. The van der Waals surface area contributed by atoms with Gasteiger partial charge in [0.15, 0.2) is 0 Å². The van der Waals surface area contributed by atoms with E-state index in [0.717, 1.165) is 12.8 Å². The highest BCUT2D eigenvalue weighted by molar-refractivity contribution is 5.74. The van der Waals surface area contributed by atoms with Crippen molar-refractivity contribution in [1.82, 2.24) is 10.6 Å². The molecule has 5 nitrogen and oxygen atoms in total. The second kappa shape index (κ2) is 8.90. The lowest BCUT2D eigenvalue weighted by Gasteiger charge is -2.34. The molecule has 0 bridgehead atoms. The first-order valence-corrected chi connectivity index (χ1v) is 8.16. The largest absolute Gasteiger partial charge is 0.481 e. The van der Waals surface area contributed by atoms with Gasteiger partial charge in [0.05, 0.1) is 0 Å². The highest BCUT2D eigenvalue weighted by Gasteiger charge is 2.27. The van der Waals surface area contributed by atoms with Crippen LogP contribution in [0.4, 0.5) is 4.79 Å². The van der Waals surface area contributed by atoms with Crippen LogP contribution in [-0.2, 0) is 4.79 Å². The molecular weight excluding hydrogens is 268 g/mol. The van der Waals surface area contributed by atoms with Crippen LogP contribution in [0, 0.1) is 17.8 Å². The van der Waals surface area contributed by atoms with Gasteiger partial charge >= 0.3 is 12.0 Å². The number of rotatable bonds is 7. The molecule has 4 unspecified atom stereocenters. The van der Waals surface area contributed by atoms with Crippen molar-refractivity contribution < 1.29 is 14.7 Å². The van der Waals surface area contributed by atoms with Crippen molar-refractivity contribution in [2.45, 2.75) is 65.3 Å². The molecule has 0 radical (unpaired) electrons. The first kappa shape index (κ1) is 17.8. The fraction of sp³-hybridized carbons (Fsp3) is 0.875. The first-order chi connectivity index (χ1) is 9.90. The summed E-state index contributed by atoms with van der Waals surface area (Å²) < 4.78 is 0. The first-order valence-electron chi connectivity index (χ1n) is 8.16. The van der Waals surface area contributed by atoms with E-state index in [9.17, 15) is 9.59 Å². The summed E-state index contributed by atoms with van der Waals surface area (Å²) in [5.41, 5.74) is 0. The lowest BCUT2D eigenvalue weighted by atomic mass is 9.78. The number of amides is 2. The molecule has 0 heterocycles. The molecular formula is C16H30N2O3. The summed E-state index contributed by atoms with van der Waals surface area (Å²) in [4.78, 5) is 22.4. The third-order valence-corrected chi connectivity index (χ3v) is 4.80. The van der Waals surface area contributed by atoms with Gasteiger partial charge in [-0.3, -0.25) is 4.79 Å². The molecule has 5 heteroatoms. The van der Waals surface area contributed by atoms with Crippen molar-refractivity contribution in [3.05, 3.63) is 0 Å². The van der Waals surface area contributed by atoms with Crippen molar-refractivity contribution in [3.63, 3.8) is 0 Å². The second-order valence-electron chi connectivity index (χ2n) is 6.60. The van der Waals surface area contributed by atoms with E-state index in [1.807, 2.05) is 6.92 Å². The molecule has 0 aromatic heterocycles. The normalized spacial score (nSPS) is 26.9. The molecule has 0 aromatic rings. The summed E-state index contributed by atoms with van der Waals surface area (Å²) in [6.07, 6.45) is 5.18. The Balaban J connectivity index is 2.17. The van der Waals surface area contributed by atoms with Gasteiger partial charge in [-0.05, 0) is 37.0 Å². The molecule has 0 aliphatic heterocycles. The molecule has 0 saturated heterocycles. The molecule has 4 atom stereocenters. The molecule has 3 N–H and O–H groups in total. The highest BCUT2D eigenvalue weighted by atomic mass is 16.4. The van der Waals surface area contributed by atoms with Crippen LogP contribution < -0.4 is 10.6 Å². The summed E-state index contributed by atoms with van der Waals surface area (Å²) >= 11 is 0. The van der Waals surface area contributed by atoms with Crippen molar-refractivity contribution >= 4 is 12.0 Å². The van der Waals surface area contributed by atoms with Crippen LogP contribution >= 0.6 is 0 Å². The topological polar surface area (TPSA) is 78.4 Å². The van der Waals surface area contributed by atoms with Gasteiger partial charge in [-0.25, -0.2) is 4.79 Å². The van der Waals surface area contributed by atoms with E-state index in [2.05, 4.69) is 24.5 Å². The number of carbonyl (C=O) groups is 2. The molecule has 0 aromatic carbocycles. The van der Waals surface area contributed by atoms with Gasteiger partial charge < -0.3 is 15.7 Å². The third-order valence-electron chi connectivity index (χ3n) is 4.80. The van der Waals surface area contributed by atoms with Gasteiger partial charge in [-0.1, -0.05) is 33.6 Å². The molecule has 2 amide bonds. The van der Waals surface area contributed by atoms with Crippen molar-refractivity contribution in [2.75, 3.05) is 6.54 Å². The predicted molar refractivity (Wildman–Crippen MR) is 83.2 cm³/mol. The Labute approximate surface area is 127 Å².